The molecule has 0 aromatic heterocycles. The molecule has 4 N–H and O–H groups in total. The van der Waals surface area contributed by atoms with Gasteiger partial charge in [0.15, 0.2) is 0 Å². The molecule has 9 nitrogen and oxygen atoms in total. The molecule has 0 aliphatic carbocycles. The minimum atomic E-state index is -1.12. The molecule has 164 valence electrons. The summed E-state index contributed by atoms with van der Waals surface area (Å²) < 4.78 is 5.71. The van der Waals surface area contributed by atoms with Crippen LogP contribution in [-0.4, -0.2) is 52.4 Å². The smallest absolute Gasteiger partial charge is 0.327 e. The molecule has 0 fully saturated rings. The molecule has 0 spiro atoms. The zero-order valence-electron chi connectivity index (χ0n) is 16.9. The Kier molecular flexibility index (Phi) is 10.8. The third kappa shape index (κ3) is 10.2. The van der Waals surface area contributed by atoms with Crippen LogP contribution < -0.4 is 20.7 Å². The van der Waals surface area contributed by atoms with Crippen LogP contribution in [0.15, 0.2) is 36.6 Å². The summed E-state index contributed by atoms with van der Waals surface area (Å²) in [5, 5.41) is 16.9. The summed E-state index contributed by atoms with van der Waals surface area (Å²) >= 11 is 0. The number of aliphatic carboxylic acids is 1. The van der Waals surface area contributed by atoms with E-state index in [4.69, 9.17) is 9.84 Å². The van der Waals surface area contributed by atoms with Gasteiger partial charge in [0.1, 0.15) is 17.6 Å². The van der Waals surface area contributed by atoms with Gasteiger partial charge in [-0.1, -0.05) is 28.2 Å². The Morgan fingerprint density at radius 1 is 0.933 bits per heavy atom. The Hall–Kier alpha value is -2.66. The maximum Gasteiger partial charge on any atom is 0.327 e. The molecule has 1 aromatic rings. The quantitative estimate of drug-likeness (QED) is 0.214. The monoisotopic (exact) mass is 455 g/mol. The van der Waals surface area contributed by atoms with Crippen molar-refractivity contribution in [2.75, 3.05) is 16.8 Å². The summed E-state index contributed by atoms with van der Waals surface area (Å²) in [7, 11) is 2.57. The highest BCUT2D eigenvalue weighted by Gasteiger charge is 2.20. The number of carboxylic acid groups (broad SMARTS) is 1. The largest absolute Gasteiger partial charge is 0.480 e. The van der Waals surface area contributed by atoms with Gasteiger partial charge in [-0.15, -0.1) is 0 Å². The second-order valence-electron chi connectivity index (χ2n) is 6.19. The van der Waals surface area contributed by atoms with E-state index in [1.54, 1.807) is 24.3 Å². The van der Waals surface area contributed by atoms with Gasteiger partial charge in [-0.2, -0.15) is 0 Å². The van der Waals surface area contributed by atoms with Crippen LogP contribution in [0.4, 0.5) is 5.69 Å². The van der Waals surface area contributed by atoms with E-state index in [0.29, 0.717) is 22.9 Å². The van der Waals surface area contributed by atoms with Crippen molar-refractivity contribution in [1.82, 2.24) is 10.6 Å². The van der Waals surface area contributed by atoms with E-state index in [1.165, 1.54) is 42.4 Å². The fourth-order valence-corrected chi connectivity index (χ4v) is 4.50. The summed E-state index contributed by atoms with van der Waals surface area (Å²) in [6.45, 7) is 7.91. The third-order valence-corrected chi connectivity index (χ3v) is 5.84. The number of carbonyl (C=O) groups is 4. The molecule has 2 unspecified atom stereocenters. The van der Waals surface area contributed by atoms with E-state index in [-0.39, 0.29) is 17.6 Å². The first-order valence-corrected chi connectivity index (χ1v) is 11.3. The zero-order chi connectivity index (χ0) is 22.7. The molecule has 30 heavy (non-hydrogen) atoms. The van der Waals surface area contributed by atoms with Gasteiger partial charge in [-0.05, 0) is 24.3 Å². The summed E-state index contributed by atoms with van der Waals surface area (Å²) in [6.07, 6.45) is 0. The Balaban J connectivity index is 2.62. The lowest BCUT2D eigenvalue weighted by Crippen LogP contribution is -2.41. The minimum absolute atomic E-state index is 0.157. The minimum Gasteiger partial charge on any atom is -0.480 e. The SMILES string of the molecule is C=C(Oc1ccc(NC(C)=O)cc1)C(CSSCC(NC(C)=O)C(=O)O)NC(C)=O. The molecule has 0 saturated carbocycles. The van der Waals surface area contributed by atoms with Crippen molar-refractivity contribution >= 4 is 51.0 Å². The molecular formula is C19H25N3O6S2. The maximum atomic E-state index is 11.5. The van der Waals surface area contributed by atoms with E-state index in [0.717, 1.165) is 0 Å². The van der Waals surface area contributed by atoms with Gasteiger partial charge in [-0.25, -0.2) is 4.79 Å². The number of hydrogen-bond acceptors (Lipinski definition) is 7. The van der Waals surface area contributed by atoms with E-state index >= 15 is 0 Å². The molecule has 1 rings (SSSR count). The van der Waals surface area contributed by atoms with E-state index < -0.39 is 24.0 Å². The number of ether oxygens (including phenoxy) is 1. The lowest BCUT2D eigenvalue weighted by atomic mass is 10.2. The molecule has 0 saturated heterocycles. The van der Waals surface area contributed by atoms with Gasteiger partial charge < -0.3 is 25.8 Å². The van der Waals surface area contributed by atoms with Gasteiger partial charge in [-0.3, -0.25) is 14.4 Å². The number of benzene rings is 1. The van der Waals surface area contributed by atoms with Crippen LogP contribution in [0.3, 0.4) is 0 Å². The van der Waals surface area contributed by atoms with Crippen molar-refractivity contribution in [2.24, 2.45) is 0 Å². The molecule has 0 bridgehead atoms. The predicted octanol–water partition coefficient (Wildman–Crippen LogP) is 2.01. The van der Waals surface area contributed by atoms with Gasteiger partial charge in [0, 0.05) is 38.0 Å². The number of carboxylic acids is 1. The summed E-state index contributed by atoms with van der Waals surface area (Å²) in [4.78, 5) is 44.8. The van der Waals surface area contributed by atoms with E-state index in [1.807, 2.05) is 0 Å². The first-order chi connectivity index (χ1) is 14.1. The summed E-state index contributed by atoms with van der Waals surface area (Å²) in [6, 6.07) is 5.16. The first kappa shape index (κ1) is 25.4. The standard InChI is InChI=1S/C19H25N3O6S2/c1-11(28-16-7-5-15(6-8-16)20-12(2)23)17(21-13(3)24)9-29-30-10-18(19(26)27)22-14(4)25/h5-8,17-18H,1,9-10H2,2-4H3,(H,20,23)(H,21,24)(H,22,25)(H,26,27). The fourth-order valence-electron chi connectivity index (χ4n) is 2.14. The number of rotatable bonds is 12. The number of nitrogens with one attached hydrogen (secondary N) is 3. The van der Waals surface area contributed by atoms with Crippen LogP contribution in [0.1, 0.15) is 20.8 Å². The lowest BCUT2D eigenvalue weighted by Gasteiger charge is -2.20. The second-order valence-corrected chi connectivity index (χ2v) is 8.74. The van der Waals surface area contributed by atoms with Gasteiger partial charge >= 0.3 is 5.97 Å². The molecule has 3 amide bonds. The predicted molar refractivity (Wildman–Crippen MR) is 118 cm³/mol. The highest BCUT2D eigenvalue weighted by atomic mass is 33.1. The molecular weight excluding hydrogens is 430 g/mol. The summed E-state index contributed by atoms with van der Waals surface area (Å²) in [5.74, 6) is -0.664. The van der Waals surface area contributed by atoms with Crippen LogP contribution in [0.5, 0.6) is 5.75 Å². The topological polar surface area (TPSA) is 134 Å². The highest BCUT2D eigenvalue weighted by molar-refractivity contribution is 8.76. The molecule has 2 atom stereocenters. The molecule has 0 heterocycles. The average molecular weight is 456 g/mol. The number of anilines is 1. The highest BCUT2D eigenvalue weighted by Crippen LogP contribution is 2.26. The van der Waals surface area contributed by atoms with Crippen molar-refractivity contribution in [3.8, 4) is 5.75 Å². The average Bonchev–Trinajstić information content (AvgIpc) is 2.63. The summed E-state index contributed by atoms with van der Waals surface area (Å²) in [5.41, 5.74) is 0.623. The van der Waals surface area contributed by atoms with E-state index in [2.05, 4.69) is 22.5 Å². The van der Waals surface area contributed by atoms with Gasteiger partial charge in [0.25, 0.3) is 0 Å². The van der Waals surface area contributed by atoms with Crippen molar-refractivity contribution in [2.45, 2.75) is 32.9 Å². The molecule has 0 radical (unpaired) electrons. The fraction of sp³-hybridized carbons (Fsp3) is 0.368. The number of amides is 3. The van der Waals surface area contributed by atoms with Crippen LogP contribution in [-0.2, 0) is 19.2 Å². The van der Waals surface area contributed by atoms with E-state index in [9.17, 15) is 19.2 Å². The molecule has 1 aromatic carbocycles. The van der Waals surface area contributed by atoms with Crippen LogP contribution >= 0.6 is 21.6 Å². The van der Waals surface area contributed by atoms with Crippen LogP contribution in [0.25, 0.3) is 0 Å². The Morgan fingerprint density at radius 2 is 1.43 bits per heavy atom. The van der Waals surface area contributed by atoms with Gasteiger partial charge in [0.05, 0.1) is 6.04 Å². The van der Waals surface area contributed by atoms with Gasteiger partial charge in [0.2, 0.25) is 17.7 Å². The number of hydrogen-bond donors (Lipinski definition) is 4. The molecule has 0 aliphatic rings. The zero-order valence-corrected chi connectivity index (χ0v) is 18.5. The van der Waals surface area contributed by atoms with Crippen molar-refractivity contribution in [3.05, 3.63) is 36.6 Å². The normalized spacial score (nSPS) is 12.2. The maximum absolute atomic E-state index is 11.5. The Morgan fingerprint density at radius 3 is 1.90 bits per heavy atom. The Labute approximate surface area is 182 Å². The van der Waals surface area contributed by atoms with Crippen molar-refractivity contribution < 1.29 is 29.0 Å². The van der Waals surface area contributed by atoms with Crippen LogP contribution in [0, 0.1) is 0 Å². The molecule has 0 aliphatic heterocycles. The second kappa shape index (κ2) is 12.8. The molecule has 11 heteroatoms. The number of carbonyl (C=O) groups excluding carboxylic acids is 3. The van der Waals surface area contributed by atoms with Crippen LogP contribution in [0.2, 0.25) is 0 Å². The Bertz CT molecular complexity index is 785. The van der Waals surface area contributed by atoms with Crippen molar-refractivity contribution in [3.63, 3.8) is 0 Å². The first-order valence-electron chi connectivity index (χ1n) is 8.84. The third-order valence-electron chi connectivity index (χ3n) is 3.42. The lowest BCUT2D eigenvalue weighted by molar-refractivity contribution is -0.140. The van der Waals surface area contributed by atoms with Crippen molar-refractivity contribution in [1.29, 1.82) is 0 Å².